The molecule has 0 unspecified atom stereocenters. The summed E-state index contributed by atoms with van der Waals surface area (Å²) in [6.45, 7) is 0. The molecule has 5 rings (SSSR count). The minimum atomic E-state index is -0.409. The number of rotatable bonds is 7. The van der Waals surface area contributed by atoms with Crippen molar-refractivity contribution in [3.63, 3.8) is 0 Å². The van der Waals surface area contributed by atoms with Crippen LogP contribution in [0.2, 0.25) is 0 Å². The minimum Gasteiger partial charge on any atom is -0.465 e. The Morgan fingerprint density at radius 2 is 1.91 bits per heavy atom. The van der Waals surface area contributed by atoms with Crippen molar-refractivity contribution < 1.29 is 14.3 Å². The first kappa shape index (κ1) is 22.3. The highest BCUT2D eigenvalue weighted by molar-refractivity contribution is 7.99. The largest absolute Gasteiger partial charge is 0.465 e. The molecule has 0 atom stereocenters. The van der Waals surface area contributed by atoms with Crippen molar-refractivity contribution in [2.24, 2.45) is 0 Å². The van der Waals surface area contributed by atoms with Crippen LogP contribution in [0.4, 0.5) is 5.00 Å². The zero-order valence-corrected chi connectivity index (χ0v) is 20.0. The average molecular weight is 492 g/mol. The number of hydrogen-bond donors (Lipinski definition) is 1. The number of benzene rings is 1. The number of pyridine rings is 1. The van der Waals surface area contributed by atoms with Gasteiger partial charge in [-0.2, -0.15) is 0 Å². The van der Waals surface area contributed by atoms with Crippen LogP contribution in [-0.4, -0.2) is 44.5 Å². The van der Waals surface area contributed by atoms with Crippen LogP contribution in [0, 0.1) is 0 Å². The van der Waals surface area contributed by atoms with Crippen LogP contribution < -0.4 is 5.32 Å². The van der Waals surface area contributed by atoms with E-state index >= 15 is 0 Å². The van der Waals surface area contributed by atoms with Gasteiger partial charge in [0.1, 0.15) is 5.00 Å². The van der Waals surface area contributed by atoms with Crippen molar-refractivity contribution in [3.8, 4) is 17.1 Å². The monoisotopic (exact) mass is 491 g/mol. The second-order valence-electron chi connectivity index (χ2n) is 7.60. The van der Waals surface area contributed by atoms with E-state index in [1.165, 1.54) is 30.2 Å². The van der Waals surface area contributed by atoms with Crippen LogP contribution in [0.3, 0.4) is 0 Å². The number of thiophene rings is 1. The molecule has 0 radical (unpaired) electrons. The van der Waals surface area contributed by atoms with Crippen LogP contribution in [0.15, 0.2) is 60.0 Å². The number of amides is 1. The summed E-state index contributed by atoms with van der Waals surface area (Å²) < 4.78 is 6.89. The lowest BCUT2D eigenvalue weighted by atomic mass is 10.1. The number of carbonyl (C=O) groups excluding carboxylic acids is 2. The van der Waals surface area contributed by atoms with Gasteiger partial charge in [-0.05, 0) is 49.1 Å². The number of thioether (sulfide) groups is 1. The van der Waals surface area contributed by atoms with Gasteiger partial charge in [0.25, 0.3) is 0 Å². The van der Waals surface area contributed by atoms with Gasteiger partial charge in [0.05, 0.1) is 18.4 Å². The predicted octanol–water partition coefficient (Wildman–Crippen LogP) is 4.40. The highest BCUT2D eigenvalue weighted by atomic mass is 32.2. The molecule has 0 fully saturated rings. The van der Waals surface area contributed by atoms with Crippen LogP contribution in [0.5, 0.6) is 0 Å². The van der Waals surface area contributed by atoms with E-state index in [9.17, 15) is 9.59 Å². The molecular formula is C24H21N5O3S2. The van der Waals surface area contributed by atoms with E-state index in [1.54, 1.807) is 12.4 Å². The van der Waals surface area contributed by atoms with E-state index in [0.29, 0.717) is 21.5 Å². The molecule has 1 aliphatic rings. The number of hydrogen-bond acceptors (Lipinski definition) is 8. The highest BCUT2D eigenvalue weighted by Gasteiger charge is 2.28. The van der Waals surface area contributed by atoms with Crippen molar-refractivity contribution in [1.82, 2.24) is 19.7 Å². The number of aryl methyl sites for hydroxylation is 1. The summed E-state index contributed by atoms with van der Waals surface area (Å²) in [7, 11) is 1.36. The maximum Gasteiger partial charge on any atom is 0.341 e. The van der Waals surface area contributed by atoms with Crippen LogP contribution >= 0.6 is 23.1 Å². The third-order valence-electron chi connectivity index (χ3n) is 5.48. The van der Waals surface area contributed by atoms with E-state index in [1.807, 2.05) is 47.0 Å². The molecule has 3 aromatic heterocycles. The average Bonchev–Trinajstić information content (AvgIpc) is 3.58. The molecular weight excluding hydrogens is 470 g/mol. The predicted molar refractivity (Wildman–Crippen MR) is 132 cm³/mol. The molecule has 0 bridgehead atoms. The van der Waals surface area contributed by atoms with Crippen LogP contribution in [0.25, 0.3) is 17.1 Å². The number of methoxy groups -OCH3 is 1. The Morgan fingerprint density at radius 3 is 2.68 bits per heavy atom. The molecule has 172 valence electrons. The first-order chi connectivity index (χ1) is 16.7. The minimum absolute atomic E-state index is 0.116. The maximum atomic E-state index is 12.9. The molecule has 1 amide bonds. The van der Waals surface area contributed by atoms with Crippen molar-refractivity contribution in [1.29, 1.82) is 0 Å². The van der Waals surface area contributed by atoms with Crippen molar-refractivity contribution in [2.75, 3.05) is 18.2 Å². The van der Waals surface area contributed by atoms with Crippen LogP contribution in [-0.2, 0) is 22.4 Å². The number of para-hydroxylation sites is 1. The number of anilines is 1. The van der Waals surface area contributed by atoms with E-state index in [2.05, 4.69) is 20.5 Å². The summed E-state index contributed by atoms with van der Waals surface area (Å²) >= 11 is 2.75. The quantitative estimate of drug-likeness (QED) is 0.302. The SMILES string of the molecule is COC(=O)c1c(NC(=O)CSc2nnc(-c3ccncc3)n2-c2ccccc2)sc2c1CCC2. The molecule has 1 aromatic carbocycles. The zero-order valence-electron chi connectivity index (χ0n) is 18.4. The molecule has 0 spiro atoms. The standard InChI is InChI=1S/C24H21N5O3S2/c1-32-23(31)20-17-8-5-9-18(17)34-22(20)26-19(30)14-33-24-28-27-21(15-10-12-25-13-11-15)29(24)16-6-3-2-4-7-16/h2-4,6-7,10-13H,5,8-9,14H2,1H3,(H,26,30). The molecule has 0 saturated heterocycles. The van der Waals surface area contributed by atoms with E-state index < -0.39 is 5.97 Å². The molecule has 4 aromatic rings. The molecule has 3 heterocycles. The fraction of sp³-hybridized carbons (Fsp3) is 0.208. The number of ether oxygens (including phenoxy) is 1. The van der Waals surface area contributed by atoms with Gasteiger partial charge in [0.15, 0.2) is 11.0 Å². The lowest BCUT2D eigenvalue weighted by Crippen LogP contribution is -2.16. The second kappa shape index (κ2) is 9.78. The third kappa shape index (κ3) is 4.34. The normalized spacial score (nSPS) is 12.4. The summed E-state index contributed by atoms with van der Waals surface area (Å²) in [4.78, 5) is 30.4. The summed E-state index contributed by atoms with van der Waals surface area (Å²) in [5.74, 6) is 0.153. The van der Waals surface area contributed by atoms with Gasteiger partial charge in [-0.25, -0.2) is 4.79 Å². The lowest BCUT2D eigenvalue weighted by Gasteiger charge is -2.10. The fourth-order valence-corrected chi connectivity index (χ4v) is 6.01. The van der Waals surface area contributed by atoms with Crippen molar-refractivity contribution in [2.45, 2.75) is 24.4 Å². The van der Waals surface area contributed by atoms with Gasteiger partial charge in [-0.1, -0.05) is 30.0 Å². The Labute approximate surface area is 204 Å². The van der Waals surface area contributed by atoms with E-state index in [0.717, 1.165) is 41.0 Å². The molecule has 34 heavy (non-hydrogen) atoms. The Bertz CT molecular complexity index is 1340. The molecule has 8 nitrogen and oxygen atoms in total. The summed E-state index contributed by atoms with van der Waals surface area (Å²) in [5.41, 5.74) is 3.26. The Balaban J connectivity index is 1.38. The van der Waals surface area contributed by atoms with Crippen molar-refractivity contribution >= 4 is 40.0 Å². The maximum absolute atomic E-state index is 12.9. The van der Waals surface area contributed by atoms with Gasteiger partial charge in [-0.3, -0.25) is 14.3 Å². The number of carbonyl (C=O) groups is 2. The number of fused-ring (bicyclic) bond motifs is 1. The molecule has 10 heteroatoms. The number of nitrogens with one attached hydrogen (secondary N) is 1. The first-order valence-electron chi connectivity index (χ1n) is 10.7. The molecule has 0 aliphatic heterocycles. The van der Waals surface area contributed by atoms with E-state index in [4.69, 9.17) is 4.74 Å². The third-order valence-corrected chi connectivity index (χ3v) is 7.62. The molecule has 1 aliphatic carbocycles. The number of esters is 1. The summed E-state index contributed by atoms with van der Waals surface area (Å²) in [6.07, 6.45) is 6.18. The van der Waals surface area contributed by atoms with Gasteiger partial charge >= 0.3 is 5.97 Å². The zero-order chi connectivity index (χ0) is 23.5. The number of nitrogens with zero attached hydrogens (tertiary/aromatic N) is 4. The van der Waals surface area contributed by atoms with Crippen molar-refractivity contribution in [3.05, 3.63) is 70.9 Å². The van der Waals surface area contributed by atoms with Gasteiger partial charge in [0.2, 0.25) is 5.91 Å². The topological polar surface area (TPSA) is 99.0 Å². The van der Waals surface area contributed by atoms with Gasteiger partial charge in [-0.15, -0.1) is 21.5 Å². The summed E-state index contributed by atoms with van der Waals surface area (Å²) in [5, 5.41) is 12.8. The summed E-state index contributed by atoms with van der Waals surface area (Å²) in [6, 6.07) is 13.5. The van der Waals surface area contributed by atoms with Gasteiger partial charge in [0, 0.05) is 28.5 Å². The fourth-order valence-electron chi connectivity index (χ4n) is 3.96. The van der Waals surface area contributed by atoms with Gasteiger partial charge < -0.3 is 10.1 Å². The highest BCUT2D eigenvalue weighted by Crippen LogP contribution is 2.39. The Hall–Kier alpha value is -3.50. The Kier molecular flexibility index (Phi) is 6.41. The first-order valence-corrected chi connectivity index (χ1v) is 12.5. The van der Waals surface area contributed by atoms with Crippen LogP contribution in [0.1, 0.15) is 27.2 Å². The molecule has 0 saturated carbocycles. The second-order valence-corrected chi connectivity index (χ2v) is 9.65. The van der Waals surface area contributed by atoms with E-state index in [-0.39, 0.29) is 11.7 Å². The Morgan fingerprint density at radius 1 is 1.12 bits per heavy atom. The number of aromatic nitrogens is 4. The molecule has 1 N–H and O–H groups in total. The smallest absolute Gasteiger partial charge is 0.341 e. The lowest BCUT2D eigenvalue weighted by molar-refractivity contribution is -0.113.